The van der Waals surface area contributed by atoms with Crippen molar-refractivity contribution < 1.29 is 13.2 Å². The van der Waals surface area contributed by atoms with E-state index in [0.29, 0.717) is 10.9 Å². The first kappa shape index (κ1) is 11.2. The van der Waals surface area contributed by atoms with Gasteiger partial charge in [-0.15, -0.1) is 0 Å². The zero-order valence-corrected chi connectivity index (χ0v) is 9.30. The third-order valence-corrected chi connectivity index (χ3v) is 3.10. The molecule has 0 atom stereocenters. The van der Waals surface area contributed by atoms with E-state index in [9.17, 15) is 13.2 Å². The lowest BCUT2D eigenvalue weighted by molar-refractivity contribution is -0.105. The molecular formula is C7H7BrN2O3S. The van der Waals surface area contributed by atoms with Crippen molar-refractivity contribution in [1.29, 1.82) is 0 Å². The molecule has 76 valence electrons. The van der Waals surface area contributed by atoms with Crippen LogP contribution in [0.5, 0.6) is 0 Å². The average molecular weight is 279 g/mol. The molecule has 0 spiro atoms. The van der Waals surface area contributed by atoms with Gasteiger partial charge in [-0.3, -0.25) is 4.79 Å². The molecule has 1 rings (SSSR count). The van der Waals surface area contributed by atoms with Crippen LogP contribution in [0.1, 0.15) is 0 Å². The van der Waals surface area contributed by atoms with Crippen molar-refractivity contribution in [3.8, 4) is 0 Å². The van der Waals surface area contributed by atoms with E-state index in [1.54, 1.807) is 6.07 Å². The maximum absolute atomic E-state index is 11.1. The van der Waals surface area contributed by atoms with Gasteiger partial charge in [0.1, 0.15) is 4.90 Å². The van der Waals surface area contributed by atoms with Crippen molar-refractivity contribution in [1.82, 2.24) is 0 Å². The Morgan fingerprint density at radius 1 is 1.43 bits per heavy atom. The molecule has 0 saturated carbocycles. The Balaban J connectivity index is 3.43. The summed E-state index contributed by atoms with van der Waals surface area (Å²) in [4.78, 5) is 10.1. The second-order valence-corrected chi connectivity index (χ2v) is 4.80. The molecular weight excluding hydrogens is 272 g/mol. The minimum atomic E-state index is -3.83. The Morgan fingerprint density at radius 2 is 2.07 bits per heavy atom. The Hall–Kier alpha value is -0.920. The number of primary sulfonamides is 1. The van der Waals surface area contributed by atoms with E-state index in [2.05, 4.69) is 21.2 Å². The number of carbonyl (C=O) groups is 1. The van der Waals surface area contributed by atoms with Crippen molar-refractivity contribution in [2.45, 2.75) is 4.90 Å². The number of amides is 1. The number of anilines is 1. The number of rotatable bonds is 3. The first-order valence-electron chi connectivity index (χ1n) is 3.48. The molecule has 1 aromatic rings. The Kier molecular flexibility index (Phi) is 3.25. The lowest BCUT2D eigenvalue weighted by Crippen LogP contribution is -2.15. The second kappa shape index (κ2) is 4.07. The minimum absolute atomic E-state index is 0.126. The van der Waals surface area contributed by atoms with E-state index in [4.69, 9.17) is 5.14 Å². The highest BCUT2D eigenvalue weighted by atomic mass is 79.9. The molecule has 0 aliphatic heterocycles. The molecule has 0 aromatic heterocycles. The van der Waals surface area contributed by atoms with Crippen LogP contribution in [0.3, 0.4) is 0 Å². The lowest BCUT2D eigenvalue weighted by atomic mass is 10.3. The number of carbonyl (C=O) groups excluding carboxylic acids is 1. The summed E-state index contributed by atoms with van der Waals surface area (Å²) in [5.74, 6) is 0. The van der Waals surface area contributed by atoms with Gasteiger partial charge in [0, 0.05) is 4.47 Å². The van der Waals surface area contributed by atoms with Crippen molar-refractivity contribution >= 4 is 38.1 Å². The van der Waals surface area contributed by atoms with Gasteiger partial charge in [-0.2, -0.15) is 0 Å². The summed E-state index contributed by atoms with van der Waals surface area (Å²) in [6, 6.07) is 4.42. The summed E-state index contributed by atoms with van der Waals surface area (Å²) >= 11 is 3.10. The quantitative estimate of drug-likeness (QED) is 0.797. The molecule has 0 aliphatic rings. The number of nitrogens with two attached hydrogens (primary N) is 1. The maximum Gasteiger partial charge on any atom is 0.240 e. The van der Waals surface area contributed by atoms with Crippen molar-refractivity contribution in [2.24, 2.45) is 5.14 Å². The molecule has 7 heteroatoms. The molecule has 5 nitrogen and oxygen atoms in total. The first-order chi connectivity index (χ1) is 6.46. The third kappa shape index (κ3) is 2.31. The van der Waals surface area contributed by atoms with E-state index in [1.807, 2.05) is 0 Å². The van der Waals surface area contributed by atoms with Crippen molar-refractivity contribution in [3.05, 3.63) is 22.7 Å². The van der Waals surface area contributed by atoms with Crippen LogP contribution >= 0.6 is 15.9 Å². The fourth-order valence-electron chi connectivity index (χ4n) is 0.940. The SMILES string of the molecule is NS(=O)(=O)c1cccc(Br)c1NC=O. The number of halogens is 1. The lowest BCUT2D eigenvalue weighted by Gasteiger charge is -2.07. The summed E-state index contributed by atoms with van der Waals surface area (Å²) < 4.78 is 22.6. The fraction of sp³-hybridized carbons (Fsp3) is 0. The molecule has 0 heterocycles. The van der Waals surface area contributed by atoms with Gasteiger partial charge in [-0.25, -0.2) is 13.6 Å². The highest BCUT2D eigenvalue weighted by molar-refractivity contribution is 9.10. The third-order valence-electron chi connectivity index (χ3n) is 1.49. The zero-order chi connectivity index (χ0) is 10.8. The largest absolute Gasteiger partial charge is 0.327 e. The maximum atomic E-state index is 11.1. The van der Waals surface area contributed by atoms with Crippen LogP contribution in [-0.2, 0) is 14.8 Å². The number of sulfonamides is 1. The number of benzene rings is 1. The summed E-state index contributed by atoms with van der Waals surface area (Å²) in [6.45, 7) is 0. The summed E-state index contributed by atoms with van der Waals surface area (Å²) in [5, 5.41) is 7.22. The van der Waals surface area contributed by atoms with Crippen LogP contribution < -0.4 is 10.5 Å². The highest BCUT2D eigenvalue weighted by Crippen LogP contribution is 2.28. The molecule has 0 aliphatic carbocycles. The molecule has 1 aromatic carbocycles. The van der Waals surface area contributed by atoms with Crippen LogP contribution in [0, 0.1) is 0 Å². The molecule has 0 bridgehead atoms. The average Bonchev–Trinajstić information content (AvgIpc) is 2.07. The number of nitrogens with one attached hydrogen (secondary N) is 1. The highest BCUT2D eigenvalue weighted by Gasteiger charge is 2.15. The molecule has 3 N–H and O–H groups in total. The normalized spacial score (nSPS) is 11.0. The van der Waals surface area contributed by atoms with E-state index < -0.39 is 10.0 Å². The van der Waals surface area contributed by atoms with Gasteiger partial charge in [-0.05, 0) is 28.1 Å². The van der Waals surface area contributed by atoms with Gasteiger partial charge in [0.2, 0.25) is 16.4 Å². The number of para-hydroxylation sites is 1. The van der Waals surface area contributed by atoms with E-state index in [1.165, 1.54) is 12.1 Å². The van der Waals surface area contributed by atoms with Crippen LogP contribution in [0.4, 0.5) is 5.69 Å². The molecule has 0 fully saturated rings. The van der Waals surface area contributed by atoms with Crippen LogP contribution in [-0.4, -0.2) is 14.8 Å². The van der Waals surface area contributed by atoms with Gasteiger partial charge in [0.25, 0.3) is 0 Å². The Morgan fingerprint density at radius 3 is 2.57 bits per heavy atom. The minimum Gasteiger partial charge on any atom is -0.327 e. The first-order valence-corrected chi connectivity index (χ1v) is 5.82. The van der Waals surface area contributed by atoms with Crippen LogP contribution in [0.15, 0.2) is 27.6 Å². The van der Waals surface area contributed by atoms with Crippen molar-refractivity contribution in [3.63, 3.8) is 0 Å². The monoisotopic (exact) mass is 278 g/mol. The Labute approximate surface area is 89.5 Å². The topological polar surface area (TPSA) is 89.3 Å². The number of hydrogen-bond acceptors (Lipinski definition) is 3. The van der Waals surface area contributed by atoms with E-state index in [0.717, 1.165) is 0 Å². The summed E-state index contributed by atoms with van der Waals surface area (Å²) in [6.07, 6.45) is 0.384. The molecule has 1 amide bonds. The van der Waals surface area contributed by atoms with E-state index in [-0.39, 0.29) is 10.6 Å². The van der Waals surface area contributed by atoms with Gasteiger partial charge in [0.05, 0.1) is 5.69 Å². The van der Waals surface area contributed by atoms with Crippen LogP contribution in [0.25, 0.3) is 0 Å². The van der Waals surface area contributed by atoms with Gasteiger partial charge >= 0.3 is 0 Å². The van der Waals surface area contributed by atoms with Gasteiger partial charge in [0.15, 0.2) is 0 Å². The molecule has 0 saturated heterocycles. The fourth-order valence-corrected chi connectivity index (χ4v) is 2.27. The standard InChI is InChI=1S/C7H7BrN2O3S/c8-5-2-1-3-6(14(9,12)13)7(5)10-4-11/h1-4H,(H,10,11)(H2,9,12,13). The summed E-state index contributed by atoms with van der Waals surface area (Å²) in [5.41, 5.74) is 0.144. The van der Waals surface area contributed by atoms with Crippen molar-refractivity contribution in [2.75, 3.05) is 5.32 Å². The van der Waals surface area contributed by atoms with Gasteiger partial charge in [-0.1, -0.05) is 6.07 Å². The molecule has 0 radical (unpaired) electrons. The number of hydrogen-bond donors (Lipinski definition) is 2. The summed E-state index contributed by atoms with van der Waals surface area (Å²) in [7, 11) is -3.83. The molecule has 14 heavy (non-hydrogen) atoms. The second-order valence-electron chi connectivity index (χ2n) is 2.42. The predicted octanol–water partition coefficient (Wildman–Crippen LogP) is 0.665. The molecule has 0 unspecified atom stereocenters. The van der Waals surface area contributed by atoms with E-state index >= 15 is 0 Å². The smallest absolute Gasteiger partial charge is 0.240 e. The Bertz CT molecular complexity index is 458. The predicted molar refractivity (Wildman–Crippen MR) is 55.2 cm³/mol. The van der Waals surface area contributed by atoms with Gasteiger partial charge < -0.3 is 5.32 Å². The zero-order valence-electron chi connectivity index (χ0n) is 6.90. The van der Waals surface area contributed by atoms with Crippen LogP contribution in [0.2, 0.25) is 0 Å².